The van der Waals surface area contributed by atoms with Crippen molar-refractivity contribution in [3.05, 3.63) is 70.9 Å². The van der Waals surface area contributed by atoms with Gasteiger partial charge in [-0.25, -0.2) is 9.97 Å². The van der Waals surface area contributed by atoms with Crippen LogP contribution in [0.2, 0.25) is 0 Å². The second kappa shape index (κ2) is 9.19. The second-order valence-corrected chi connectivity index (χ2v) is 8.57. The Hall–Kier alpha value is -4.65. The number of aromatic nitrogens is 3. The number of hydrogen-bond donors (Lipinski definition) is 1. The Labute approximate surface area is 207 Å². The van der Waals surface area contributed by atoms with Gasteiger partial charge < -0.3 is 19.5 Å². The molecule has 5 rings (SSSR count). The number of nitro benzene ring substituents is 1. The molecule has 0 fully saturated rings. The van der Waals surface area contributed by atoms with Gasteiger partial charge in [-0.15, -0.1) is 0 Å². The van der Waals surface area contributed by atoms with Crippen LogP contribution < -0.4 is 15.0 Å². The number of methoxy groups -OCH3 is 1. The van der Waals surface area contributed by atoms with Gasteiger partial charge in [-0.05, 0) is 25.3 Å². The summed E-state index contributed by atoms with van der Waals surface area (Å²) in [4.78, 5) is 22.0. The molecule has 1 aliphatic heterocycles. The fraction of sp³-hybridized carbons (Fsp3) is 0.231. The first-order chi connectivity index (χ1) is 17.4. The number of nitriles is 1. The zero-order valence-electron chi connectivity index (χ0n) is 20.0. The molecule has 0 saturated heterocycles. The highest BCUT2D eigenvalue weighted by Gasteiger charge is 2.23. The molecule has 4 aromatic rings. The van der Waals surface area contributed by atoms with E-state index in [1.54, 1.807) is 18.0 Å². The van der Waals surface area contributed by atoms with Gasteiger partial charge in [0.15, 0.2) is 0 Å². The zero-order valence-corrected chi connectivity index (χ0v) is 20.0. The third kappa shape index (κ3) is 3.84. The number of nitro groups is 1. The van der Waals surface area contributed by atoms with Crippen LogP contribution in [0.25, 0.3) is 22.2 Å². The van der Waals surface area contributed by atoms with Gasteiger partial charge in [0.25, 0.3) is 5.69 Å². The largest absolute Gasteiger partial charge is 0.494 e. The quantitative estimate of drug-likeness (QED) is 0.293. The summed E-state index contributed by atoms with van der Waals surface area (Å²) in [5, 5.41) is 25.6. The summed E-state index contributed by atoms with van der Waals surface area (Å²) in [7, 11) is 3.20. The SMILES string of the molecule is [CH2]CN(C)c1cc(OC)c(Nc2ncc(C#N)c(-c3cn4c5c(cccc35)CCC4)n2)cc1[N+](=O)[O-]. The van der Waals surface area contributed by atoms with Gasteiger partial charge in [0.05, 0.1) is 40.7 Å². The molecule has 3 heterocycles. The van der Waals surface area contributed by atoms with E-state index in [2.05, 4.69) is 38.9 Å². The fourth-order valence-electron chi connectivity index (χ4n) is 4.69. The van der Waals surface area contributed by atoms with E-state index in [4.69, 9.17) is 4.74 Å². The van der Waals surface area contributed by atoms with E-state index in [1.165, 1.54) is 24.9 Å². The molecule has 1 N–H and O–H groups in total. The van der Waals surface area contributed by atoms with Crippen LogP contribution in [0.3, 0.4) is 0 Å². The molecule has 0 bridgehead atoms. The zero-order chi connectivity index (χ0) is 25.4. The van der Waals surface area contributed by atoms with Crippen LogP contribution in [0.1, 0.15) is 17.5 Å². The van der Waals surface area contributed by atoms with Crippen molar-refractivity contribution in [3.8, 4) is 23.1 Å². The van der Waals surface area contributed by atoms with Crippen molar-refractivity contribution in [2.75, 3.05) is 30.9 Å². The number of nitrogens with zero attached hydrogens (tertiary/aromatic N) is 6. The minimum absolute atomic E-state index is 0.104. The molecule has 2 aromatic carbocycles. The van der Waals surface area contributed by atoms with Gasteiger partial charge in [0, 0.05) is 49.4 Å². The lowest BCUT2D eigenvalue weighted by Gasteiger charge is -2.19. The lowest BCUT2D eigenvalue weighted by atomic mass is 10.0. The molecule has 36 heavy (non-hydrogen) atoms. The van der Waals surface area contributed by atoms with Crippen molar-refractivity contribution in [3.63, 3.8) is 0 Å². The number of hydrogen-bond acceptors (Lipinski definition) is 8. The smallest absolute Gasteiger partial charge is 0.294 e. The molecule has 10 nitrogen and oxygen atoms in total. The summed E-state index contributed by atoms with van der Waals surface area (Å²) in [6, 6.07) is 11.4. The van der Waals surface area contributed by atoms with E-state index >= 15 is 0 Å². The van der Waals surface area contributed by atoms with Crippen molar-refractivity contribution in [1.82, 2.24) is 14.5 Å². The molecular weight excluding hydrogens is 458 g/mol. The third-order valence-electron chi connectivity index (χ3n) is 6.48. The maximum Gasteiger partial charge on any atom is 0.294 e. The number of ether oxygens (including phenoxy) is 1. The van der Waals surface area contributed by atoms with Gasteiger partial charge in [-0.2, -0.15) is 5.26 Å². The first-order valence-corrected chi connectivity index (χ1v) is 11.5. The highest BCUT2D eigenvalue weighted by atomic mass is 16.6. The summed E-state index contributed by atoms with van der Waals surface area (Å²) in [6.07, 6.45) is 5.57. The lowest BCUT2D eigenvalue weighted by molar-refractivity contribution is -0.384. The number of aryl methyl sites for hydroxylation is 2. The van der Waals surface area contributed by atoms with Crippen LogP contribution >= 0.6 is 0 Å². The summed E-state index contributed by atoms with van der Waals surface area (Å²) >= 11 is 0. The number of nitrogens with one attached hydrogen (secondary N) is 1. The van der Waals surface area contributed by atoms with Gasteiger partial charge in [0.2, 0.25) is 5.95 Å². The van der Waals surface area contributed by atoms with E-state index in [9.17, 15) is 15.4 Å². The van der Waals surface area contributed by atoms with Crippen LogP contribution in [0.15, 0.2) is 42.7 Å². The number of rotatable bonds is 7. The average molecular weight is 483 g/mol. The molecule has 10 heteroatoms. The molecule has 1 radical (unpaired) electrons. The number of anilines is 3. The Kier molecular flexibility index (Phi) is 5.90. The molecule has 0 aliphatic carbocycles. The Morgan fingerprint density at radius 1 is 1.39 bits per heavy atom. The molecule has 0 amide bonds. The van der Waals surface area contributed by atoms with Crippen molar-refractivity contribution >= 4 is 33.9 Å². The summed E-state index contributed by atoms with van der Waals surface area (Å²) < 4.78 is 7.71. The predicted molar refractivity (Wildman–Crippen MR) is 138 cm³/mol. The van der Waals surface area contributed by atoms with Gasteiger partial charge in [-0.1, -0.05) is 18.2 Å². The van der Waals surface area contributed by atoms with E-state index in [0.29, 0.717) is 34.9 Å². The Balaban J connectivity index is 1.61. The topological polar surface area (TPSA) is 122 Å². The second-order valence-electron chi connectivity index (χ2n) is 8.57. The predicted octanol–water partition coefficient (Wildman–Crippen LogP) is 4.85. The molecule has 0 atom stereocenters. The van der Waals surface area contributed by atoms with E-state index < -0.39 is 4.92 Å². The maximum atomic E-state index is 11.8. The first-order valence-electron chi connectivity index (χ1n) is 11.5. The highest BCUT2D eigenvalue weighted by molar-refractivity contribution is 5.98. The van der Waals surface area contributed by atoms with E-state index in [0.717, 1.165) is 35.9 Å². The summed E-state index contributed by atoms with van der Waals surface area (Å²) in [5.41, 5.74) is 4.75. The average Bonchev–Trinajstić information content (AvgIpc) is 3.28. The molecule has 181 valence electrons. The molecule has 1 aliphatic rings. The van der Waals surface area contributed by atoms with Crippen LogP contribution in [-0.2, 0) is 13.0 Å². The number of para-hydroxylation sites is 1. The van der Waals surface area contributed by atoms with Crippen LogP contribution in [-0.4, -0.2) is 40.2 Å². The lowest BCUT2D eigenvalue weighted by Crippen LogP contribution is -2.17. The molecule has 0 saturated carbocycles. The highest BCUT2D eigenvalue weighted by Crippen LogP contribution is 2.40. The summed E-state index contributed by atoms with van der Waals surface area (Å²) in [6.45, 7) is 5.05. The van der Waals surface area contributed by atoms with Crippen LogP contribution in [0, 0.1) is 28.4 Å². The minimum Gasteiger partial charge on any atom is -0.494 e. The molecule has 0 unspecified atom stereocenters. The number of benzene rings is 2. The first kappa shape index (κ1) is 23.1. The normalized spacial score (nSPS) is 12.3. The molecule has 0 spiro atoms. The van der Waals surface area contributed by atoms with E-state index in [1.807, 2.05) is 18.3 Å². The Bertz CT molecular complexity index is 1540. The third-order valence-corrected chi connectivity index (χ3v) is 6.48. The van der Waals surface area contributed by atoms with Gasteiger partial charge >= 0.3 is 0 Å². The van der Waals surface area contributed by atoms with Crippen molar-refractivity contribution in [1.29, 1.82) is 5.26 Å². The van der Waals surface area contributed by atoms with Crippen LogP contribution in [0.4, 0.5) is 23.0 Å². The van der Waals surface area contributed by atoms with Crippen molar-refractivity contribution < 1.29 is 9.66 Å². The maximum absolute atomic E-state index is 11.8. The minimum atomic E-state index is -0.453. The standard InChI is InChI=1S/C26H24N7O3/c1-4-31(2)21-12-23(36-3)20(11-22(21)33(34)35)29-26-28-14-17(13-27)24(30-26)19-15-32-10-6-8-16-7-5-9-18(19)25(16)32/h5,7,9,11-12,14-15H,1,4,6,8,10H2,2-3H3,(H,28,29,30). The van der Waals surface area contributed by atoms with Gasteiger partial charge in [0.1, 0.15) is 17.5 Å². The Morgan fingerprint density at radius 2 is 2.22 bits per heavy atom. The molecular formula is C26H24N7O3. The molecule has 2 aromatic heterocycles. The monoisotopic (exact) mass is 482 g/mol. The van der Waals surface area contributed by atoms with E-state index in [-0.39, 0.29) is 11.6 Å². The fourth-order valence-corrected chi connectivity index (χ4v) is 4.69. The van der Waals surface area contributed by atoms with Gasteiger partial charge in [-0.3, -0.25) is 10.1 Å². The summed E-state index contributed by atoms with van der Waals surface area (Å²) in [5.74, 6) is 0.583. The van der Waals surface area contributed by atoms with Crippen molar-refractivity contribution in [2.45, 2.75) is 19.4 Å². The van der Waals surface area contributed by atoms with Crippen molar-refractivity contribution in [2.24, 2.45) is 0 Å². The Morgan fingerprint density at radius 3 is 2.94 bits per heavy atom. The van der Waals surface area contributed by atoms with Crippen LogP contribution in [0.5, 0.6) is 5.75 Å².